The van der Waals surface area contributed by atoms with E-state index in [-0.39, 0.29) is 17.4 Å². The lowest BCUT2D eigenvalue weighted by Crippen LogP contribution is -2.30. The molecule has 0 aliphatic heterocycles. The van der Waals surface area contributed by atoms with Gasteiger partial charge in [-0.3, -0.25) is 14.4 Å². The molecule has 2 aromatic heterocycles. The molecular weight excluding hydrogens is 615 g/mol. The van der Waals surface area contributed by atoms with Crippen LogP contribution in [0.5, 0.6) is 0 Å². The summed E-state index contributed by atoms with van der Waals surface area (Å²) in [7, 11) is 0. The van der Waals surface area contributed by atoms with Crippen LogP contribution in [0.25, 0.3) is 28.2 Å². The van der Waals surface area contributed by atoms with Crippen molar-refractivity contribution in [2.75, 3.05) is 16.4 Å². The van der Waals surface area contributed by atoms with E-state index < -0.39 is 11.8 Å². The van der Waals surface area contributed by atoms with E-state index in [2.05, 4.69) is 25.9 Å². The number of nitrogens with one attached hydrogen (secondary N) is 4. The van der Waals surface area contributed by atoms with Crippen molar-refractivity contribution in [2.45, 2.75) is 11.8 Å². The van der Waals surface area contributed by atoms with Crippen molar-refractivity contribution in [1.29, 1.82) is 0 Å². The standard InChI is InChI=1S/C36H29N5O3S2/c1-23-33(24-10-4-2-5-11-24)41-36(46-23)40-32(42)22-45-28-18-16-27(17-19-28)38-35(44)31(39-34(43)25-12-6-3-7-13-25)20-26-21-37-30-15-9-8-14-29(26)30/h2-21,37H,22H2,1H3,(H,38,44)(H,39,43)(H,40,41,42)/b31-20+. The summed E-state index contributed by atoms with van der Waals surface area (Å²) in [5.74, 6) is -0.815. The summed E-state index contributed by atoms with van der Waals surface area (Å²) in [6.07, 6.45) is 3.46. The second-order valence-electron chi connectivity index (χ2n) is 10.3. The van der Waals surface area contributed by atoms with Crippen molar-refractivity contribution in [3.63, 3.8) is 0 Å². The fraction of sp³-hybridized carbons (Fsp3) is 0.0556. The Bertz CT molecular complexity index is 2040. The zero-order chi connectivity index (χ0) is 31.9. The Balaban J connectivity index is 1.10. The molecule has 0 spiro atoms. The number of aryl methyl sites for hydroxylation is 1. The number of hydrogen-bond donors (Lipinski definition) is 4. The van der Waals surface area contributed by atoms with Crippen LogP contribution in [0.3, 0.4) is 0 Å². The maximum absolute atomic E-state index is 13.5. The number of hydrogen-bond acceptors (Lipinski definition) is 6. The number of carbonyl (C=O) groups is 3. The topological polar surface area (TPSA) is 116 Å². The molecule has 8 nitrogen and oxygen atoms in total. The van der Waals surface area contributed by atoms with Crippen LogP contribution in [0.4, 0.5) is 10.8 Å². The first kappa shape index (κ1) is 30.6. The molecule has 4 N–H and O–H groups in total. The molecule has 0 unspecified atom stereocenters. The molecular formula is C36H29N5O3S2. The Kier molecular flexibility index (Phi) is 9.37. The fourth-order valence-electron chi connectivity index (χ4n) is 4.76. The Labute approximate surface area is 274 Å². The fourth-order valence-corrected chi connectivity index (χ4v) is 6.31. The Morgan fingerprint density at radius 2 is 1.54 bits per heavy atom. The highest BCUT2D eigenvalue weighted by Crippen LogP contribution is 2.30. The van der Waals surface area contributed by atoms with Gasteiger partial charge < -0.3 is 20.9 Å². The number of thiazole rings is 1. The van der Waals surface area contributed by atoms with E-state index in [1.165, 1.54) is 23.1 Å². The highest BCUT2D eigenvalue weighted by molar-refractivity contribution is 8.00. The average molecular weight is 644 g/mol. The van der Waals surface area contributed by atoms with Crippen LogP contribution in [-0.2, 0) is 9.59 Å². The van der Waals surface area contributed by atoms with Gasteiger partial charge in [0, 0.05) is 49.3 Å². The number of para-hydroxylation sites is 1. The van der Waals surface area contributed by atoms with Crippen molar-refractivity contribution in [2.24, 2.45) is 0 Å². The predicted molar refractivity (Wildman–Crippen MR) is 187 cm³/mol. The minimum absolute atomic E-state index is 0.0987. The molecule has 0 bridgehead atoms. The minimum atomic E-state index is -0.469. The molecule has 0 aliphatic rings. The van der Waals surface area contributed by atoms with Crippen molar-refractivity contribution in [1.82, 2.24) is 15.3 Å². The van der Waals surface area contributed by atoms with Crippen LogP contribution >= 0.6 is 23.1 Å². The van der Waals surface area contributed by atoms with Crippen molar-refractivity contribution >= 4 is 68.6 Å². The number of nitrogens with zero attached hydrogens (tertiary/aromatic N) is 1. The van der Waals surface area contributed by atoms with E-state index in [9.17, 15) is 14.4 Å². The number of thioether (sulfide) groups is 1. The maximum Gasteiger partial charge on any atom is 0.272 e. The first-order valence-corrected chi connectivity index (χ1v) is 16.2. The Morgan fingerprint density at radius 1 is 0.848 bits per heavy atom. The second-order valence-corrected chi connectivity index (χ2v) is 12.5. The lowest BCUT2D eigenvalue weighted by atomic mass is 10.1. The summed E-state index contributed by atoms with van der Waals surface area (Å²) in [4.78, 5) is 48.8. The second kappa shape index (κ2) is 14.1. The van der Waals surface area contributed by atoms with Gasteiger partial charge in [-0.15, -0.1) is 23.1 Å². The number of fused-ring (bicyclic) bond motifs is 1. The molecule has 10 heteroatoms. The van der Waals surface area contributed by atoms with Crippen LogP contribution in [-0.4, -0.2) is 33.4 Å². The molecule has 0 radical (unpaired) electrons. The van der Waals surface area contributed by atoms with E-state index in [1.54, 1.807) is 48.7 Å². The molecule has 6 aromatic rings. The first-order valence-electron chi connectivity index (χ1n) is 14.4. The van der Waals surface area contributed by atoms with Crippen LogP contribution in [0.2, 0.25) is 0 Å². The van der Waals surface area contributed by atoms with Gasteiger partial charge in [-0.05, 0) is 55.5 Å². The molecule has 0 atom stereocenters. The molecule has 228 valence electrons. The number of amides is 3. The van der Waals surface area contributed by atoms with E-state index >= 15 is 0 Å². The smallest absolute Gasteiger partial charge is 0.272 e. The minimum Gasteiger partial charge on any atom is -0.361 e. The quantitative estimate of drug-likeness (QED) is 0.0901. The first-order chi connectivity index (χ1) is 22.4. The zero-order valence-electron chi connectivity index (χ0n) is 24.7. The van der Waals surface area contributed by atoms with Gasteiger partial charge in [-0.25, -0.2) is 4.98 Å². The molecule has 6 rings (SSSR count). The van der Waals surface area contributed by atoms with Crippen LogP contribution in [0.1, 0.15) is 20.8 Å². The number of carbonyl (C=O) groups excluding carboxylic acids is 3. The van der Waals surface area contributed by atoms with E-state index in [1.807, 2.05) is 79.7 Å². The van der Waals surface area contributed by atoms with Gasteiger partial charge in [-0.2, -0.15) is 0 Å². The normalized spacial score (nSPS) is 11.3. The molecule has 46 heavy (non-hydrogen) atoms. The monoisotopic (exact) mass is 643 g/mol. The number of aromatic nitrogens is 2. The van der Waals surface area contributed by atoms with Crippen molar-refractivity contribution in [3.8, 4) is 11.3 Å². The highest BCUT2D eigenvalue weighted by Gasteiger charge is 2.17. The summed E-state index contributed by atoms with van der Waals surface area (Å²) < 4.78 is 0. The number of aromatic amines is 1. The molecule has 3 amide bonds. The number of anilines is 2. The van der Waals surface area contributed by atoms with Gasteiger partial charge in [0.2, 0.25) is 5.91 Å². The Morgan fingerprint density at radius 3 is 2.30 bits per heavy atom. The third kappa shape index (κ3) is 7.43. The third-order valence-corrected chi connectivity index (χ3v) is 8.92. The Hall–Kier alpha value is -5.45. The lowest BCUT2D eigenvalue weighted by Gasteiger charge is -2.12. The molecule has 0 saturated heterocycles. The molecule has 0 saturated carbocycles. The van der Waals surface area contributed by atoms with Gasteiger partial charge in [0.25, 0.3) is 11.8 Å². The lowest BCUT2D eigenvalue weighted by molar-refractivity contribution is -0.114. The molecule has 0 aliphatic carbocycles. The summed E-state index contributed by atoms with van der Waals surface area (Å²) in [5.41, 5.74) is 4.65. The SMILES string of the molecule is Cc1sc(NC(=O)CSc2ccc(NC(=O)/C(=C\c3c[nH]c4ccccc34)NC(=O)c3ccccc3)cc2)nc1-c1ccccc1. The third-order valence-electron chi connectivity index (χ3n) is 7.02. The predicted octanol–water partition coefficient (Wildman–Crippen LogP) is 7.74. The maximum atomic E-state index is 13.5. The summed E-state index contributed by atoms with van der Waals surface area (Å²) in [5, 5.41) is 10.0. The largest absolute Gasteiger partial charge is 0.361 e. The van der Waals surface area contributed by atoms with E-state index in [4.69, 9.17) is 0 Å². The summed E-state index contributed by atoms with van der Waals surface area (Å²) in [6, 6.07) is 33.5. The number of rotatable bonds is 10. The van der Waals surface area contributed by atoms with Gasteiger partial charge in [-0.1, -0.05) is 66.7 Å². The number of benzene rings is 4. The van der Waals surface area contributed by atoms with Gasteiger partial charge in [0.05, 0.1) is 11.4 Å². The number of H-pyrrole nitrogens is 1. The van der Waals surface area contributed by atoms with Crippen LogP contribution in [0.15, 0.2) is 126 Å². The zero-order valence-corrected chi connectivity index (χ0v) is 26.4. The van der Waals surface area contributed by atoms with Gasteiger partial charge in [0.15, 0.2) is 5.13 Å². The average Bonchev–Trinajstić information content (AvgIpc) is 3.67. The summed E-state index contributed by atoms with van der Waals surface area (Å²) >= 11 is 2.83. The molecule has 4 aromatic carbocycles. The van der Waals surface area contributed by atoms with E-state index in [0.29, 0.717) is 16.4 Å². The summed E-state index contributed by atoms with van der Waals surface area (Å²) in [6.45, 7) is 1.99. The van der Waals surface area contributed by atoms with Gasteiger partial charge in [0.1, 0.15) is 5.70 Å². The molecule has 2 heterocycles. The van der Waals surface area contributed by atoms with Crippen molar-refractivity contribution < 1.29 is 14.4 Å². The molecule has 0 fully saturated rings. The van der Waals surface area contributed by atoms with Crippen LogP contribution < -0.4 is 16.0 Å². The highest BCUT2D eigenvalue weighted by atomic mass is 32.2. The van der Waals surface area contributed by atoms with E-state index in [0.717, 1.165) is 37.5 Å². The van der Waals surface area contributed by atoms with Crippen LogP contribution in [0, 0.1) is 6.92 Å². The van der Waals surface area contributed by atoms with Crippen molar-refractivity contribution in [3.05, 3.63) is 137 Å². The van der Waals surface area contributed by atoms with Gasteiger partial charge >= 0.3 is 0 Å².